The number of hydrogen-bond donors (Lipinski definition) is 1. The van der Waals surface area contributed by atoms with Gasteiger partial charge in [0, 0.05) is 11.8 Å². The molecule has 29 heavy (non-hydrogen) atoms. The summed E-state index contributed by atoms with van der Waals surface area (Å²) in [6.07, 6.45) is 3.11. The highest BCUT2D eigenvalue weighted by atomic mass is 16.6. The van der Waals surface area contributed by atoms with Gasteiger partial charge in [-0.25, -0.2) is 4.79 Å². The van der Waals surface area contributed by atoms with Gasteiger partial charge in [0.1, 0.15) is 6.61 Å². The number of fused-ring (bicyclic) bond motifs is 1. The third kappa shape index (κ3) is 4.21. The van der Waals surface area contributed by atoms with Crippen LogP contribution in [0.3, 0.4) is 0 Å². The van der Waals surface area contributed by atoms with Gasteiger partial charge in [0.25, 0.3) is 5.91 Å². The molecule has 8 heteroatoms. The van der Waals surface area contributed by atoms with E-state index in [1.165, 1.54) is 7.11 Å². The largest absolute Gasteiger partial charge is 0.486 e. The molecule has 1 aliphatic heterocycles. The van der Waals surface area contributed by atoms with Gasteiger partial charge in [-0.3, -0.25) is 9.48 Å². The van der Waals surface area contributed by atoms with E-state index >= 15 is 0 Å². The van der Waals surface area contributed by atoms with E-state index in [0.717, 1.165) is 5.75 Å². The van der Waals surface area contributed by atoms with Gasteiger partial charge >= 0.3 is 5.97 Å². The van der Waals surface area contributed by atoms with Gasteiger partial charge in [-0.05, 0) is 36.4 Å². The van der Waals surface area contributed by atoms with Gasteiger partial charge < -0.3 is 19.5 Å². The molecular formula is C21H19N3O5. The first-order valence-corrected chi connectivity index (χ1v) is 9.03. The number of rotatable bonds is 5. The SMILES string of the molecule is COC(=O)c1ccc(C(=O)Nc2cnn(C[C@H]3COc4ccccc4O3)c2)cc1. The minimum absolute atomic E-state index is 0.181. The van der Waals surface area contributed by atoms with Crippen LogP contribution in [-0.4, -0.2) is 41.5 Å². The Bertz CT molecular complexity index is 1030. The number of ether oxygens (including phenoxy) is 3. The van der Waals surface area contributed by atoms with Gasteiger partial charge in [0.2, 0.25) is 0 Å². The summed E-state index contributed by atoms with van der Waals surface area (Å²) in [5, 5.41) is 7.05. The maximum absolute atomic E-state index is 12.4. The summed E-state index contributed by atoms with van der Waals surface area (Å²) < 4.78 is 18.0. The van der Waals surface area contributed by atoms with Gasteiger partial charge in [-0.2, -0.15) is 5.10 Å². The van der Waals surface area contributed by atoms with Crippen LogP contribution in [0.4, 0.5) is 5.69 Å². The van der Waals surface area contributed by atoms with Crippen LogP contribution in [0.15, 0.2) is 60.9 Å². The Hall–Kier alpha value is -3.81. The number of nitrogens with zero attached hydrogens (tertiary/aromatic N) is 2. The first-order valence-electron chi connectivity index (χ1n) is 9.03. The second-order valence-corrected chi connectivity index (χ2v) is 6.47. The lowest BCUT2D eigenvalue weighted by Gasteiger charge is -2.26. The van der Waals surface area contributed by atoms with Crippen molar-refractivity contribution >= 4 is 17.6 Å². The molecule has 0 aliphatic carbocycles. The molecule has 1 aromatic heterocycles. The van der Waals surface area contributed by atoms with E-state index in [-0.39, 0.29) is 12.0 Å². The minimum Gasteiger partial charge on any atom is -0.486 e. The zero-order chi connectivity index (χ0) is 20.2. The lowest BCUT2D eigenvalue weighted by Crippen LogP contribution is -2.33. The van der Waals surface area contributed by atoms with Crippen LogP contribution in [0, 0.1) is 0 Å². The second kappa shape index (κ2) is 8.05. The van der Waals surface area contributed by atoms with Crippen molar-refractivity contribution in [3.63, 3.8) is 0 Å². The van der Waals surface area contributed by atoms with Crippen molar-refractivity contribution in [2.24, 2.45) is 0 Å². The van der Waals surface area contributed by atoms with Crippen LogP contribution in [-0.2, 0) is 11.3 Å². The Morgan fingerprint density at radius 2 is 1.86 bits per heavy atom. The number of para-hydroxylation sites is 2. The standard InChI is InChI=1S/C21H19N3O5/c1-27-21(26)15-8-6-14(7-9-15)20(25)23-16-10-22-24(11-16)12-17-13-28-18-4-2-3-5-19(18)29-17/h2-11,17H,12-13H2,1H3,(H,23,25)/t17-/m0/s1. The van der Waals surface area contributed by atoms with E-state index < -0.39 is 5.97 Å². The summed E-state index contributed by atoms with van der Waals surface area (Å²) in [6, 6.07) is 13.7. The Morgan fingerprint density at radius 1 is 1.14 bits per heavy atom. The summed E-state index contributed by atoms with van der Waals surface area (Å²) in [4.78, 5) is 23.9. The minimum atomic E-state index is -0.449. The monoisotopic (exact) mass is 393 g/mol. The fourth-order valence-electron chi connectivity index (χ4n) is 2.97. The Labute approximate surface area is 167 Å². The molecule has 0 unspecified atom stereocenters. The van der Waals surface area contributed by atoms with Gasteiger partial charge in [-0.1, -0.05) is 12.1 Å². The number of anilines is 1. The normalized spacial score (nSPS) is 14.9. The van der Waals surface area contributed by atoms with Gasteiger partial charge in [0.05, 0.1) is 31.1 Å². The molecule has 0 saturated heterocycles. The predicted molar refractivity (Wildman–Crippen MR) is 104 cm³/mol. The summed E-state index contributed by atoms with van der Waals surface area (Å²) in [7, 11) is 1.31. The fraction of sp³-hybridized carbons (Fsp3) is 0.190. The lowest BCUT2D eigenvalue weighted by molar-refractivity contribution is 0.0600. The molecule has 4 rings (SSSR count). The highest BCUT2D eigenvalue weighted by molar-refractivity contribution is 6.04. The molecule has 0 fully saturated rings. The first kappa shape index (κ1) is 18.5. The summed E-state index contributed by atoms with van der Waals surface area (Å²) in [6.45, 7) is 0.906. The quantitative estimate of drug-likeness (QED) is 0.670. The molecule has 2 aromatic carbocycles. The Morgan fingerprint density at radius 3 is 2.62 bits per heavy atom. The maximum Gasteiger partial charge on any atom is 0.337 e. The fourth-order valence-corrected chi connectivity index (χ4v) is 2.97. The van der Waals surface area contributed by atoms with Gasteiger partial charge in [-0.15, -0.1) is 0 Å². The Kier molecular flexibility index (Phi) is 5.15. The van der Waals surface area contributed by atoms with Crippen LogP contribution < -0.4 is 14.8 Å². The number of hydrogen-bond acceptors (Lipinski definition) is 6. The zero-order valence-corrected chi connectivity index (χ0v) is 15.7. The van der Waals surface area contributed by atoms with Crippen LogP contribution >= 0.6 is 0 Å². The van der Waals surface area contributed by atoms with Crippen molar-refractivity contribution < 1.29 is 23.8 Å². The first-order chi connectivity index (χ1) is 14.1. The molecular weight excluding hydrogens is 374 g/mol. The van der Waals surface area contributed by atoms with Crippen LogP contribution in [0.5, 0.6) is 11.5 Å². The molecule has 3 aromatic rings. The molecule has 0 radical (unpaired) electrons. The number of nitrogens with one attached hydrogen (secondary N) is 1. The predicted octanol–water partition coefficient (Wildman–Crippen LogP) is 2.76. The number of aromatic nitrogens is 2. The number of carbonyl (C=O) groups is 2. The summed E-state index contributed by atoms with van der Waals surface area (Å²) in [5.74, 6) is 0.692. The molecule has 0 bridgehead atoms. The van der Waals surface area contributed by atoms with Crippen LogP contribution in [0.25, 0.3) is 0 Å². The molecule has 1 amide bonds. The molecule has 0 spiro atoms. The topological polar surface area (TPSA) is 91.7 Å². The smallest absolute Gasteiger partial charge is 0.337 e. The van der Waals surface area contributed by atoms with Gasteiger partial charge in [0.15, 0.2) is 17.6 Å². The van der Waals surface area contributed by atoms with Crippen molar-refractivity contribution in [1.29, 1.82) is 0 Å². The highest BCUT2D eigenvalue weighted by Gasteiger charge is 2.21. The molecule has 8 nitrogen and oxygen atoms in total. The maximum atomic E-state index is 12.4. The Balaban J connectivity index is 1.36. The van der Waals surface area contributed by atoms with Crippen LogP contribution in [0.1, 0.15) is 20.7 Å². The van der Waals surface area contributed by atoms with Crippen molar-refractivity contribution in [2.75, 3.05) is 19.0 Å². The number of esters is 1. The van der Waals surface area contributed by atoms with Crippen LogP contribution in [0.2, 0.25) is 0 Å². The zero-order valence-electron chi connectivity index (χ0n) is 15.7. The van der Waals surface area contributed by atoms with Crippen molar-refractivity contribution in [2.45, 2.75) is 12.6 Å². The van der Waals surface area contributed by atoms with E-state index in [0.29, 0.717) is 35.7 Å². The van der Waals surface area contributed by atoms with Crippen molar-refractivity contribution in [1.82, 2.24) is 9.78 Å². The molecule has 1 aliphatic rings. The third-order valence-electron chi connectivity index (χ3n) is 4.42. The van der Waals surface area contributed by atoms with E-state index in [1.807, 2.05) is 24.3 Å². The molecule has 1 atom stereocenters. The second-order valence-electron chi connectivity index (χ2n) is 6.47. The number of carbonyl (C=O) groups excluding carboxylic acids is 2. The average Bonchev–Trinajstić information content (AvgIpc) is 3.19. The van der Waals surface area contributed by atoms with E-state index in [9.17, 15) is 9.59 Å². The third-order valence-corrected chi connectivity index (χ3v) is 4.42. The number of amides is 1. The van der Waals surface area contributed by atoms with Crippen molar-refractivity contribution in [3.8, 4) is 11.5 Å². The van der Waals surface area contributed by atoms with Crippen molar-refractivity contribution in [3.05, 3.63) is 72.1 Å². The lowest BCUT2D eigenvalue weighted by atomic mass is 10.1. The molecule has 2 heterocycles. The summed E-state index contributed by atoms with van der Waals surface area (Å²) in [5.41, 5.74) is 1.36. The summed E-state index contributed by atoms with van der Waals surface area (Å²) >= 11 is 0. The van der Waals surface area contributed by atoms with E-state index in [1.54, 1.807) is 41.3 Å². The number of benzene rings is 2. The van der Waals surface area contributed by atoms with E-state index in [2.05, 4.69) is 15.2 Å². The van der Waals surface area contributed by atoms with E-state index in [4.69, 9.17) is 9.47 Å². The molecule has 1 N–H and O–H groups in total. The highest BCUT2D eigenvalue weighted by Crippen LogP contribution is 2.31. The average molecular weight is 393 g/mol. The molecule has 148 valence electrons. The molecule has 0 saturated carbocycles. The number of methoxy groups -OCH3 is 1.